The van der Waals surface area contributed by atoms with Crippen molar-refractivity contribution in [2.75, 3.05) is 19.7 Å². The predicted molar refractivity (Wildman–Crippen MR) is 115 cm³/mol. The van der Waals surface area contributed by atoms with Crippen molar-refractivity contribution in [3.8, 4) is 16.7 Å². The molecule has 1 aliphatic heterocycles. The molecule has 0 spiro atoms. The van der Waals surface area contributed by atoms with Crippen molar-refractivity contribution in [2.24, 2.45) is 0 Å². The van der Waals surface area contributed by atoms with Crippen molar-refractivity contribution < 1.29 is 9.47 Å². The first-order valence-electron chi connectivity index (χ1n) is 9.75. The van der Waals surface area contributed by atoms with Crippen molar-refractivity contribution in [2.45, 2.75) is 13.0 Å². The van der Waals surface area contributed by atoms with Gasteiger partial charge in [0.1, 0.15) is 18.1 Å². The number of fused-ring (bicyclic) bond motifs is 2. The summed E-state index contributed by atoms with van der Waals surface area (Å²) >= 11 is 1.49. The van der Waals surface area contributed by atoms with Gasteiger partial charge in [0.05, 0.1) is 4.70 Å². The molecule has 1 aliphatic rings. The topological polar surface area (TPSA) is 47.5 Å². The Morgan fingerprint density at radius 1 is 0.931 bits per heavy atom. The van der Waals surface area contributed by atoms with Crippen LogP contribution in [-0.2, 0) is 13.0 Å². The van der Waals surface area contributed by atoms with Gasteiger partial charge in [-0.2, -0.15) is 4.98 Å². The van der Waals surface area contributed by atoms with E-state index in [-0.39, 0.29) is 0 Å². The number of ether oxygens (including phenoxy) is 2. The third-order valence-electron chi connectivity index (χ3n) is 5.06. The van der Waals surface area contributed by atoms with Gasteiger partial charge in [0, 0.05) is 25.8 Å². The summed E-state index contributed by atoms with van der Waals surface area (Å²) in [4.78, 5) is 11.1. The molecular weight excluding hydrogens is 382 g/mol. The molecule has 0 saturated carbocycles. The van der Waals surface area contributed by atoms with Crippen LogP contribution < -0.4 is 9.47 Å². The van der Waals surface area contributed by atoms with Crippen molar-refractivity contribution in [3.05, 3.63) is 78.0 Å². The van der Waals surface area contributed by atoms with Gasteiger partial charge in [0.25, 0.3) is 5.19 Å². The lowest BCUT2D eigenvalue weighted by Gasteiger charge is -2.28. The second-order valence-corrected chi connectivity index (χ2v) is 8.01. The lowest BCUT2D eigenvalue weighted by atomic mass is 10.0. The molecule has 2 aromatic carbocycles. The molecule has 4 aromatic rings. The molecule has 3 heterocycles. The van der Waals surface area contributed by atoms with Gasteiger partial charge in [-0.1, -0.05) is 35.6 Å². The molecule has 0 N–H and O–H groups in total. The predicted octanol–water partition coefficient (Wildman–Crippen LogP) is 4.92. The molecule has 5 rings (SSSR count). The molecule has 29 heavy (non-hydrogen) atoms. The summed E-state index contributed by atoms with van der Waals surface area (Å²) in [6.07, 6.45) is 2.85. The third-order valence-corrected chi connectivity index (χ3v) is 5.95. The normalized spacial score (nSPS) is 13.9. The lowest BCUT2D eigenvalue weighted by molar-refractivity contribution is 0.196. The minimum atomic E-state index is 0.595. The minimum Gasteiger partial charge on any atom is -0.492 e. The number of thiazole rings is 1. The van der Waals surface area contributed by atoms with Crippen molar-refractivity contribution in [1.29, 1.82) is 0 Å². The monoisotopic (exact) mass is 403 g/mol. The molecule has 6 heteroatoms. The number of rotatable bonds is 6. The fourth-order valence-corrected chi connectivity index (χ4v) is 4.33. The highest BCUT2D eigenvalue weighted by atomic mass is 32.1. The van der Waals surface area contributed by atoms with Gasteiger partial charge >= 0.3 is 0 Å². The molecule has 0 fully saturated rings. The Morgan fingerprint density at radius 2 is 1.76 bits per heavy atom. The standard InChI is InChI=1S/C23H21N3O2S/c1-2-5-18-16-26(13-11-17(18)4-1)14-15-27-19-7-9-20(10-8-19)28-23-25-22-21(29-23)6-3-12-24-22/h1-10,12H,11,13-16H2. The van der Waals surface area contributed by atoms with Crippen LogP contribution in [0.25, 0.3) is 10.3 Å². The van der Waals surface area contributed by atoms with Crippen LogP contribution in [0, 0.1) is 0 Å². The number of hydrogen-bond donors (Lipinski definition) is 0. The highest BCUT2D eigenvalue weighted by molar-refractivity contribution is 7.20. The van der Waals surface area contributed by atoms with Crippen molar-refractivity contribution >= 4 is 21.7 Å². The zero-order valence-corrected chi connectivity index (χ0v) is 16.8. The van der Waals surface area contributed by atoms with E-state index in [9.17, 15) is 0 Å². The number of pyridine rings is 1. The Balaban J connectivity index is 1.13. The molecule has 2 aromatic heterocycles. The van der Waals surface area contributed by atoms with Crippen LogP contribution in [0.1, 0.15) is 11.1 Å². The first-order chi connectivity index (χ1) is 14.3. The molecule has 0 radical (unpaired) electrons. The SMILES string of the molecule is c1ccc2c(c1)CCN(CCOc1ccc(Oc3nc4ncccc4s3)cc1)C2. The Kier molecular flexibility index (Phi) is 5.11. The maximum Gasteiger partial charge on any atom is 0.281 e. The van der Waals surface area contributed by atoms with E-state index < -0.39 is 0 Å². The van der Waals surface area contributed by atoms with Gasteiger partial charge in [-0.15, -0.1) is 0 Å². The molecule has 0 atom stereocenters. The summed E-state index contributed by atoms with van der Waals surface area (Å²) in [6, 6.07) is 20.3. The van der Waals surface area contributed by atoms with Crippen molar-refractivity contribution in [3.63, 3.8) is 0 Å². The molecule has 5 nitrogen and oxygen atoms in total. The summed E-state index contributed by atoms with van der Waals surface area (Å²) < 4.78 is 12.8. The van der Waals surface area contributed by atoms with E-state index in [1.165, 1.54) is 22.5 Å². The summed E-state index contributed by atoms with van der Waals surface area (Å²) in [7, 11) is 0. The highest BCUT2D eigenvalue weighted by Gasteiger charge is 2.15. The van der Waals surface area contributed by atoms with Gasteiger partial charge in [-0.3, -0.25) is 4.90 Å². The maximum atomic E-state index is 5.93. The molecular formula is C23H21N3O2S. The summed E-state index contributed by atoms with van der Waals surface area (Å²) in [6.45, 7) is 3.69. The fourth-order valence-electron chi connectivity index (χ4n) is 3.54. The van der Waals surface area contributed by atoms with Gasteiger partial charge in [0.15, 0.2) is 5.65 Å². The van der Waals surface area contributed by atoms with Gasteiger partial charge < -0.3 is 9.47 Å². The fraction of sp³-hybridized carbons (Fsp3) is 0.217. The number of benzene rings is 2. The molecule has 0 aliphatic carbocycles. The lowest BCUT2D eigenvalue weighted by Crippen LogP contribution is -2.33. The van der Waals surface area contributed by atoms with Crippen LogP contribution >= 0.6 is 11.3 Å². The number of hydrogen-bond acceptors (Lipinski definition) is 6. The second-order valence-electron chi connectivity index (χ2n) is 7.02. The number of nitrogens with zero attached hydrogens (tertiary/aromatic N) is 3. The average Bonchev–Trinajstić information content (AvgIpc) is 3.17. The van der Waals surface area contributed by atoms with E-state index in [4.69, 9.17) is 9.47 Å². The minimum absolute atomic E-state index is 0.595. The van der Waals surface area contributed by atoms with Gasteiger partial charge in [0.2, 0.25) is 0 Å². The summed E-state index contributed by atoms with van der Waals surface area (Å²) in [5.41, 5.74) is 3.63. The van der Waals surface area contributed by atoms with Crippen LogP contribution in [0.4, 0.5) is 0 Å². The quantitative estimate of drug-likeness (QED) is 0.457. The Bertz CT molecular complexity index is 1080. The van der Waals surface area contributed by atoms with Crippen LogP contribution in [0.3, 0.4) is 0 Å². The first kappa shape index (κ1) is 18.1. The molecule has 0 amide bonds. The third kappa shape index (κ3) is 4.23. The Labute approximate surface area is 173 Å². The zero-order chi connectivity index (χ0) is 19.5. The van der Waals surface area contributed by atoms with Gasteiger partial charge in [-0.05, 0) is 53.9 Å². The highest BCUT2D eigenvalue weighted by Crippen LogP contribution is 2.30. The smallest absolute Gasteiger partial charge is 0.281 e. The van der Waals surface area contributed by atoms with Crippen LogP contribution in [0.2, 0.25) is 0 Å². The largest absolute Gasteiger partial charge is 0.492 e. The molecule has 0 bridgehead atoms. The number of aromatic nitrogens is 2. The van der Waals surface area contributed by atoms with Crippen LogP contribution in [0.5, 0.6) is 16.7 Å². The Hall–Kier alpha value is -2.96. The maximum absolute atomic E-state index is 5.93. The van der Waals surface area contributed by atoms with E-state index in [1.54, 1.807) is 6.20 Å². The van der Waals surface area contributed by atoms with E-state index >= 15 is 0 Å². The van der Waals surface area contributed by atoms with E-state index in [0.717, 1.165) is 42.3 Å². The Morgan fingerprint density at radius 3 is 2.62 bits per heavy atom. The zero-order valence-electron chi connectivity index (χ0n) is 16.0. The van der Waals surface area contributed by atoms with Crippen LogP contribution in [0.15, 0.2) is 66.9 Å². The van der Waals surface area contributed by atoms with E-state index in [1.807, 2.05) is 36.4 Å². The van der Waals surface area contributed by atoms with Crippen LogP contribution in [-0.4, -0.2) is 34.6 Å². The van der Waals surface area contributed by atoms with Gasteiger partial charge in [-0.25, -0.2) is 4.98 Å². The summed E-state index contributed by atoms with van der Waals surface area (Å²) in [5, 5.41) is 0.595. The molecule has 146 valence electrons. The van der Waals surface area contributed by atoms with Crippen molar-refractivity contribution in [1.82, 2.24) is 14.9 Å². The van der Waals surface area contributed by atoms with E-state index in [0.29, 0.717) is 17.4 Å². The molecule has 0 unspecified atom stereocenters. The summed E-state index contributed by atoms with van der Waals surface area (Å²) in [5.74, 6) is 1.59. The molecule has 0 saturated heterocycles. The first-order valence-corrected chi connectivity index (χ1v) is 10.6. The average molecular weight is 404 g/mol. The second kappa shape index (κ2) is 8.19. The van der Waals surface area contributed by atoms with E-state index in [2.05, 4.69) is 39.1 Å².